The smallest absolute Gasteiger partial charge is 0.267 e. The van der Waals surface area contributed by atoms with E-state index >= 15 is 0 Å². The second-order valence-corrected chi connectivity index (χ2v) is 5.56. The molecule has 0 spiro atoms. The van der Waals surface area contributed by atoms with Gasteiger partial charge in [-0.1, -0.05) is 36.4 Å². The molecule has 3 aromatic rings. The summed E-state index contributed by atoms with van der Waals surface area (Å²) in [4.78, 5) is 24.1. The normalized spacial score (nSPS) is 10.5. The number of rotatable bonds is 4. The van der Waals surface area contributed by atoms with E-state index in [0.717, 1.165) is 15.8 Å². The molecule has 0 fully saturated rings. The van der Waals surface area contributed by atoms with E-state index < -0.39 is 17.3 Å². The van der Waals surface area contributed by atoms with Crippen LogP contribution in [0.15, 0.2) is 65.5 Å². The first-order chi connectivity index (χ1) is 12.0. The largest absolute Gasteiger partial charge is 0.322 e. The number of para-hydroxylation sites is 1. The summed E-state index contributed by atoms with van der Waals surface area (Å²) in [5.74, 6) is -1.06. The number of halogens is 1. The summed E-state index contributed by atoms with van der Waals surface area (Å²) in [6.07, 6.45) is 0. The van der Waals surface area contributed by atoms with E-state index in [0.29, 0.717) is 5.69 Å². The van der Waals surface area contributed by atoms with Gasteiger partial charge in [-0.15, -0.1) is 0 Å². The van der Waals surface area contributed by atoms with Crippen LogP contribution in [-0.4, -0.2) is 15.7 Å². The van der Waals surface area contributed by atoms with Crippen molar-refractivity contribution in [1.29, 1.82) is 0 Å². The van der Waals surface area contributed by atoms with Crippen LogP contribution in [-0.2, 0) is 11.3 Å². The van der Waals surface area contributed by atoms with Crippen LogP contribution in [0.5, 0.6) is 0 Å². The standard InChI is InChI=1S/C19H16FN3O2/c1-13-6-2-3-7-14(13)16-10-11-19(25)23(22-16)12-18(24)21-17-9-5-4-8-15(17)20/h2-11H,12H2,1H3,(H,21,24). The van der Waals surface area contributed by atoms with E-state index in [1.807, 2.05) is 31.2 Å². The van der Waals surface area contributed by atoms with E-state index in [9.17, 15) is 14.0 Å². The lowest BCUT2D eigenvalue weighted by Crippen LogP contribution is -2.29. The molecule has 1 N–H and O–H groups in total. The lowest BCUT2D eigenvalue weighted by molar-refractivity contribution is -0.117. The summed E-state index contributed by atoms with van der Waals surface area (Å²) >= 11 is 0. The number of benzene rings is 2. The van der Waals surface area contributed by atoms with Gasteiger partial charge in [0.05, 0.1) is 11.4 Å². The van der Waals surface area contributed by atoms with Crippen LogP contribution in [0.4, 0.5) is 10.1 Å². The number of carbonyl (C=O) groups is 1. The molecule has 0 aliphatic heterocycles. The minimum atomic E-state index is -0.537. The number of aryl methyl sites for hydroxylation is 1. The van der Waals surface area contributed by atoms with Crippen molar-refractivity contribution in [2.45, 2.75) is 13.5 Å². The Balaban J connectivity index is 1.84. The van der Waals surface area contributed by atoms with Crippen molar-refractivity contribution < 1.29 is 9.18 Å². The number of carbonyl (C=O) groups excluding carboxylic acids is 1. The molecule has 5 nitrogen and oxygen atoms in total. The van der Waals surface area contributed by atoms with Crippen molar-refractivity contribution in [3.05, 3.63) is 82.4 Å². The van der Waals surface area contributed by atoms with Crippen molar-refractivity contribution in [1.82, 2.24) is 9.78 Å². The number of amides is 1. The minimum Gasteiger partial charge on any atom is -0.322 e. The van der Waals surface area contributed by atoms with Gasteiger partial charge in [0.15, 0.2) is 0 Å². The van der Waals surface area contributed by atoms with Crippen molar-refractivity contribution in [2.24, 2.45) is 0 Å². The van der Waals surface area contributed by atoms with Crippen LogP contribution in [0.1, 0.15) is 5.56 Å². The molecule has 1 heterocycles. The van der Waals surface area contributed by atoms with Gasteiger partial charge in [0.1, 0.15) is 12.4 Å². The van der Waals surface area contributed by atoms with Crippen LogP contribution in [0, 0.1) is 12.7 Å². The zero-order valence-corrected chi connectivity index (χ0v) is 13.6. The maximum Gasteiger partial charge on any atom is 0.267 e. The zero-order chi connectivity index (χ0) is 17.8. The third-order valence-corrected chi connectivity index (χ3v) is 3.73. The van der Waals surface area contributed by atoms with Gasteiger partial charge in [0, 0.05) is 11.6 Å². The topological polar surface area (TPSA) is 64.0 Å². The van der Waals surface area contributed by atoms with Crippen LogP contribution >= 0.6 is 0 Å². The van der Waals surface area contributed by atoms with Crippen molar-refractivity contribution >= 4 is 11.6 Å². The molecule has 1 amide bonds. The Morgan fingerprint density at radius 1 is 1.08 bits per heavy atom. The summed E-state index contributed by atoms with van der Waals surface area (Å²) in [5, 5.41) is 6.70. The van der Waals surface area contributed by atoms with Crippen molar-refractivity contribution in [2.75, 3.05) is 5.32 Å². The Morgan fingerprint density at radius 2 is 1.80 bits per heavy atom. The molecule has 1 aromatic heterocycles. The highest BCUT2D eigenvalue weighted by Gasteiger charge is 2.11. The number of nitrogens with one attached hydrogen (secondary N) is 1. The summed E-state index contributed by atoms with van der Waals surface area (Å²) in [7, 11) is 0. The average molecular weight is 337 g/mol. The molecule has 0 radical (unpaired) electrons. The van der Waals surface area contributed by atoms with Gasteiger partial charge in [-0.25, -0.2) is 9.07 Å². The summed E-state index contributed by atoms with van der Waals surface area (Å²) in [6, 6.07) is 16.5. The highest BCUT2D eigenvalue weighted by Crippen LogP contribution is 2.19. The number of anilines is 1. The molecule has 0 saturated heterocycles. The molecule has 25 heavy (non-hydrogen) atoms. The number of hydrogen-bond acceptors (Lipinski definition) is 3. The molecule has 6 heteroatoms. The van der Waals surface area contributed by atoms with Crippen molar-refractivity contribution in [3.8, 4) is 11.3 Å². The number of hydrogen-bond donors (Lipinski definition) is 1. The van der Waals surface area contributed by atoms with Gasteiger partial charge in [-0.3, -0.25) is 9.59 Å². The van der Waals surface area contributed by atoms with Crippen LogP contribution in [0.3, 0.4) is 0 Å². The average Bonchev–Trinajstić information content (AvgIpc) is 2.59. The first-order valence-electron chi connectivity index (χ1n) is 7.73. The second-order valence-electron chi connectivity index (χ2n) is 5.56. The van der Waals surface area contributed by atoms with Gasteiger partial charge < -0.3 is 5.32 Å². The highest BCUT2D eigenvalue weighted by atomic mass is 19.1. The van der Waals surface area contributed by atoms with Gasteiger partial charge in [-0.2, -0.15) is 5.10 Å². The Hall–Kier alpha value is -3.28. The predicted octanol–water partition coefficient (Wildman–Crippen LogP) is 3.00. The van der Waals surface area contributed by atoms with E-state index in [4.69, 9.17) is 0 Å². The fourth-order valence-electron chi connectivity index (χ4n) is 2.45. The van der Waals surface area contributed by atoms with Gasteiger partial charge in [0.2, 0.25) is 5.91 Å². The highest BCUT2D eigenvalue weighted by molar-refractivity contribution is 5.90. The zero-order valence-electron chi connectivity index (χ0n) is 13.6. The lowest BCUT2D eigenvalue weighted by atomic mass is 10.1. The molecule has 0 bridgehead atoms. The molecule has 3 rings (SSSR count). The molecule has 126 valence electrons. The molecule has 0 atom stereocenters. The summed E-state index contributed by atoms with van der Waals surface area (Å²) in [6.45, 7) is 1.64. The Labute approximate surface area is 143 Å². The van der Waals surface area contributed by atoms with E-state index in [2.05, 4.69) is 10.4 Å². The molecule has 0 aliphatic rings. The Kier molecular flexibility index (Phi) is 4.70. The Bertz CT molecular complexity index is 982. The van der Waals surface area contributed by atoms with Gasteiger partial charge >= 0.3 is 0 Å². The van der Waals surface area contributed by atoms with Crippen LogP contribution < -0.4 is 10.9 Å². The molecule has 0 aliphatic carbocycles. The second kappa shape index (κ2) is 7.09. The third-order valence-electron chi connectivity index (χ3n) is 3.73. The minimum absolute atomic E-state index is 0.0654. The summed E-state index contributed by atoms with van der Waals surface area (Å²) in [5.41, 5.74) is 2.15. The van der Waals surface area contributed by atoms with Crippen LogP contribution in [0.25, 0.3) is 11.3 Å². The monoisotopic (exact) mass is 337 g/mol. The predicted molar refractivity (Wildman–Crippen MR) is 93.7 cm³/mol. The first-order valence-corrected chi connectivity index (χ1v) is 7.73. The maximum atomic E-state index is 13.6. The fraction of sp³-hybridized carbons (Fsp3) is 0.105. The maximum absolute atomic E-state index is 13.6. The molecule has 0 saturated carbocycles. The summed E-state index contributed by atoms with van der Waals surface area (Å²) < 4.78 is 14.7. The molecule has 2 aromatic carbocycles. The van der Waals surface area contributed by atoms with Crippen LogP contribution in [0.2, 0.25) is 0 Å². The van der Waals surface area contributed by atoms with Gasteiger partial charge in [-0.05, 0) is 30.7 Å². The number of nitrogens with zero attached hydrogens (tertiary/aromatic N) is 2. The number of aromatic nitrogens is 2. The van der Waals surface area contributed by atoms with E-state index in [-0.39, 0.29) is 12.2 Å². The Morgan fingerprint density at radius 3 is 2.56 bits per heavy atom. The van der Waals surface area contributed by atoms with E-state index in [1.165, 1.54) is 24.3 Å². The van der Waals surface area contributed by atoms with Gasteiger partial charge in [0.25, 0.3) is 5.56 Å². The molecular weight excluding hydrogens is 321 g/mol. The molecular formula is C19H16FN3O2. The first kappa shape index (κ1) is 16.6. The quantitative estimate of drug-likeness (QED) is 0.796. The SMILES string of the molecule is Cc1ccccc1-c1ccc(=O)n(CC(=O)Nc2ccccc2F)n1. The lowest BCUT2D eigenvalue weighted by Gasteiger charge is -2.10. The van der Waals surface area contributed by atoms with Crippen molar-refractivity contribution in [3.63, 3.8) is 0 Å². The molecule has 0 unspecified atom stereocenters. The third kappa shape index (κ3) is 3.80. The van der Waals surface area contributed by atoms with E-state index in [1.54, 1.807) is 12.1 Å². The fourth-order valence-corrected chi connectivity index (χ4v) is 2.45.